The lowest BCUT2D eigenvalue weighted by Crippen LogP contribution is -2.38. The first kappa shape index (κ1) is 9.63. The number of rotatable bonds is 1. The van der Waals surface area contributed by atoms with E-state index in [0.29, 0.717) is 10.4 Å². The van der Waals surface area contributed by atoms with Crippen LogP contribution in [-0.2, 0) is 0 Å². The van der Waals surface area contributed by atoms with Crippen molar-refractivity contribution in [2.75, 3.05) is 35.2 Å². The quantitative estimate of drug-likeness (QED) is 0.406. The molecule has 0 spiro atoms. The van der Waals surface area contributed by atoms with Gasteiger partial charge in [-0.1, -0.05) is 4.98 Å². The Bertz CT molecular complexity index is 387. The maximum absolute atomic E-state index is 11.4. The molecule has 0 amide bonds. The SMILES string of the molecule is Nc1nc(N)[n+]([O-])c(N)c1N1CCCC1. The highest BCUT2D eigenvalue weighted by atomic mass is 16.5. The van der Waals surface area contributed by atoms with E-state index < -0.39 is 0 Å². The van der Waals surface area contributed by atoms with Crippen LogP contribution >= 0.6 is 0 Å². The molecular weight excluding hydrogens is 196 g/mol. The molecule has 2 rings (SSSR count). The molecule has 0 saturated carbocycles. The number of hydrogen-bond donors (Lipinski definition) is 3. The molecule has 6 N–H and O–H groups in total. The Kier molecular flexibility index (Phi) is 2.14. The minimum absolute atomic E-state index is 0.0295. The van der Waals surface area contributed by atoms with E-state index in [1.54, 1.807) is 0 Å². The molecule has 0 unspecified atom stereocenters. The van der Waals surface area contributed by atoms with E-state index in [0.717, 1.165) is 25.9 Å². The van der Waals surface area contributed by atoms with E-state index in [1.165, 1.54) is 0 Å². The Hall–Kier alpha value is -1.92. The predicted molar refractivity (Wildman–Crippen MR) is 57.9 cm³/mol. The summed E-state index contributed by atoms with van der Waals surface area (Å²) in [6.07, 6.45) is 2.14. The Balaban J connectivity index is 2.50. The molecule has 0 radical (unpaired) electrons. The largest absolute Gasteiger partial charge is 0.754 e. The zero-order chi connectivity index (χ0) is 11.0. The highest BCUT2D eigenvalue weighted by molar-refractivity contribution is 5.74. The molecule has 1 aromatic rings. The Morgan fingerprint density at radius 2 is 1.80 bits per heavy atom. The summed E-state index contributed by atoms with van der Waals surface area (Å²) in [5, 5.41) is 11.4. The van der Waals surface area contributed by atoms with Crippen molar-refractivity contribution in [3.05, 3.63) is 5.21 Å². The number of nitrogens with two attached hydrogens (primary N) is 3. The Morgan fingerprint density at radius 3 is 2.40 bits per heavy atom. The molecule has 1 aliphatic heterocycles. The molecule has 2 heterocycles. The van der Waals surface area contributed by atoms with Gasteiger partial charge in [-0.2, -0.15) is 0 Å². The smallest absolute Gasteiger partial charge is 0.346 e. The van der Waals surface area contributed by atoms with Crippen molar-refractivity contribution >= 4 is 23.3 Å². The molecule has 7 heteroatoms. The highest BCUT2D eigenvalue weighted by Gasteiger charge is 2.23. The van der Waals surface area contributed by atoms with Crippen molar-refractivity contribution in [2.45, 2.75) is 12.8 Å². The number of nitrogens with zero attached hydrogens (tertiary/aromatic N) is 3. The number of aromatic nitrogens is 2. The van der Waals surface area contributed by atoms with Crippen LogP contribution in [0.2, 0.25) is 0 Å². The topological polar surface area (TPSA) is 121 Å². The number of nitrogen functional groups attached to an aromatic ring is 3. The fourth-order valence-corrected chi connectivity index (χ4v) is 1.84. The average Bonchev–Trinajstić information content (AvgIpc) is 2.68. The minimum Gasteiger partial charge on any atom is -0.754 e. The van der Waals surface area contributed by atoms with Gasteiger partial charge in [0.25, 0.3) is 0 Å². The summed E-state index contributed by atoms with van der Waals surface area (Å²) in [6.45, 7) is 1.69. The van der Waals surface area contributed by atoms with E-state index in [1.807, 2.05) is 4.90 Å². The molecule has 7 nitrogen and oxygen atoms in total. The van der Waals surface area contributed by atoms with Crippen molar-refractivity contribution in [3.63, 3.8) is 0 Å². The van der Waals surface area contributed by atoms with Crippen LogP contribution in [0.4, 0.5) is 23.3 Å². The molecule has 0 aliphatic carbocycles. The van der Waals surface area contributed by atoms with E-state index in [4.69, 9.17) is 17.2 Å². The lowest BCUT2D eigenvalue weighted by molar-refractivity contribution is -0.576. The third kappa shape index (κ3) is 1.45. The second-order valence-electron chi connectivity index (χ2n) is 3.58. The zero-order valence-electron chi connectivity index (χ0n) is 8.31. The first-order valence-corrected chi connectivity index (χ1v) is 4.80. The molecular formula is C8H14N6O. The third-order valence-corrected chi connectivity index (χ3v) is 2.57. The van der Waals surface area contributed by atoms with Gasteiger partial charge in [-0.05, 0) is 12.8 Å². The molecule has 82 valence electrons. The van der Waals surface area contributed by atoms with Gasteiger partial charge in [-0.25, -0.2) is 4.73 Å². The second-order valence-corrected chi connectivity index (χ2v) is 3.58. The van der Waals surface area contributed by atoms with Crippen molar-refractivity contribution in [1.29, 1.82) is 0 Å². The summed E-state index contributed by atoms with van der Waals surface area (Å²) >= 11 is 0. The van der Waals surface area contributed by atoms with Gasteiger partial charge >= 0.3 is 5.95 Å². The van der Waals surface area contributed by atoms with Crippen LogP contribution in [0.1, 0.15) is 12.8 Å². The summed E-state index contributed by atoms with van der Waals surface area (Å²) in [4.78, 5) is 5.73. The zero-order valence-corrected chi connectivity index (χ0v) is 8.31. The van der Waals surface area contributed by atoms with Crippen LogP contribution in [-0.4, -0.2) is 18.1 Å². The fourth-order valence-electron chi connectivity index (χ4n) is 1.84. The summed E-state index contributed by atoms with van der Waals surface area (Å²) in [5.74, 6) is 0.0360. The maximum Gasteiger partial charge on any atom is 0.346 e. The highest BCUT2D eigenvalue weighted by Crippen LogP contribution is 2.29. The van der Waals surface area contributed by atoms with Crippen LogP contribution in [0.3, 0.4) is 0 Å². The van der Waals surface area contributed by atoms with Crippen LogP contribution in [0.15, 0.2) is 0 Å². The van der Waals surface area contributed by atoms with Crippen LogP contribution in [0.5, 0.6) is 0 Å². The van der Waals surface area contributed by atoms with Gasteiger partial charge in [0.05, 0.1) is 0 Å². The van der Waals surface area contributed by atoms with E-state index in [9.17, 15) is 5.21 Å². The molecule has 0 aromatic carbocycles. The lowest BCUT2D eigenvalue weighted by atomic mass is 10.4. The van der Waals surface area contributed by atoms with Crippen LogP contribution < -0.4 is 26.8 Å². The predicted octanol–water partition coefficient (Wildman–Crippen LogP) is -0.938. The summed E-state index contributed by atoms with van der Waals surface area (Å²) in [5.41, 5.74) is 17.2. The van der Waals surface area contributed by atoms with Crippen molar-refractivity contribution in [2.24, 2.45) is 0 Å². The standard InChI is InChI=1S/C8H14N6O/c9-6-5(13-3-1-2-4-13)7(10)14(15)8(11)12-6/h1-4,10H2,(H4,9,11,12). The van der Waals surface area contributed by atoms with Gasteiger partial charge < -0.3 is 27.3 Å². The molecule has 1 aliphatic rings. The Morgan fingerprint density at radius 1 is 1.20 bits per heavy atom. The van der Waals surface area contributed by atoms with Crippen molar-refractivity contribution < 1.29 is 4.73 Å². The molecule has 15 heavy (non-hydrogen) atoms. The Labute approximate surface area is 87.1 Å². The van der Waals surface area contributed by atoms with Gasteiger partial charge in [0.15, 0.2) is 5.69 Å². The van der Waals surface area contributed by atoms with E-state index >= 15 is 0 Å². The van der Waals surface area contributed by atoms with Gasteiger partial charge in [0.1, 0.15) is 0 Å². The van der Waals surface area contributed by atoms with Gasteiger partial charge in [-0.3, -0.25) is 0 Å². The maximum atomic E-state index is 11.4. The molecule has 1 aromatic heterocycles. The molecule has 0 atom stereocenters. The van der Waals surface area contributed by atoms with Gasteiger partial charge in [0, 0.05) is 13.1 Å². The summed E-state index contributed by atoms with van der Waals surface area (Å²) in [6, 6.07) is 0. The normalized spacial score (nSPS) is 15.9. The van der Waals surface area contributed by atoms with Crippen molar-refractivity contribution in [3.8, 4) is 0 Å². The fraction of sp³-hybridized carbons (Fsp3) is 0.500. The number of anilines is 4. The summed E-state index contributed by atoms with van der Waals surface area (Å²) < 4.78 is 0.407. The van der Waals surface area contributed by atoms with Crippen LogP contribution in [0.25, 0.3) is 0 Å². The molecule has 0 bridgehead atoms. The first-order chi connectivity index (χ1) is 7.11. The van der Waals surface area contributed by atoms with E-state index in [-0.39, 0.29) is 17.6 Å². The van der Waals surface area contributed by atoms with Gasteiger partial charge in [-0.15, -0.1) is 0 Å². The molecule has 1 saturated heterocycles. The monoisotopic (exact) mass is 210 g/mol. The molecule has 1 fully saturated rings. The van der Waals surface area contributed by atoms with Crippen LogP contribution in [0, 0.1) is 5.21 Å². The average molecular weight is 210 g/mol. The van der Waals surface area contributed by atoms with E-state index in [2.05, 4.69) is 4.98 Å². The minimum atomic E-state index is -0.215. The second kappa shape index (κ2) is 3.34. The summed E-state index contributed by atoms with van der Waals surface area (Å²) in [7, 11) is 0. The van der Waals surface area contributed by atoms with Gasteiger partial charge in [0.2, 0.25) is 11.6 Å². The number of hydrogen-bond acceptors (Lipinski definition) is 6. The van der Waals surface area contributed by atoms with Crippen molar-refractivity contribution in [1.82, 2.24) is 4.98 Å². The first-order valence-electron chi connectivity index (χ1n) is 4.80. The lowest BCUT2D eigenvalue weighted by Gasteiger charge is -2.21. The third-order valence-electron chi connectivity index (χ3n) is 2.57.